The van der Waals surface area contributed by atoms with Gasteiger partial charge in [0.1, 0.15) is 5.82 Å². The Balaban J connectivity index is 1.27. The highest BCUT2D eigenvalue weighted by atomic mass is 32.1. The number of carbonyl (C=O) groups is 2. The first-order chi connectivity index (χ1) is 16.5. The minimum Gasteiger partial charge on any atom is -0.378 e. The van der Waals surface area contributed by atoms with Crippen molar-refractivity contribution < 1.29 is 14.3 Å². The van der Waals surface area contributed by atoms with Crippen LogP contribution in [-0.2, 0) is 14.3 Å². The number of nitrogens with one attached hydrogen (secondary N) is 4. The zero-order chi connectivity index (χ0) is 23.9. The highest BCUT2D eigenvalue weighted by Crippen LogP contribution is 2.26. The number of morpholine rings is 1. The zero-order valence-corrected chi connectivity index (χ0v) is 19.9. The fraction of sp³-hybridized carbons (Fsp3) is 0.565. The molecule has 3 saturated heterocycles. The minimum atomic E-state index is -0.220. The summed E-state index contributed by atoms with van der Waals surface area (Å²) in [7, 11) is 0. The lowest BCUT2D eigenvalue weighted by Gasteiger charge is -2.37. The van der Waals surface area contributed by atoms with Crippen LogP contribution in [0.1, 0.15) is 19.3 Å². The second-order valence-corrected chi connectivity index (χ2v) is 9.07. The summed E-state index contributed by atoms with van der Waals surface area (Å²) in [6.45, 7) is 4.56. The molecule has 34 heavy (non-hydrogen) atoms. The van der Waals surface area contributed by atoms with Crippen molar-refractivity contribution in [3.8, 4) is 12.3 Å². The first-order valence-electron chi connectivity index (χ1n) is 11.6. The molecule has 1 aromatic rings. The van der Waals surface area contributed by atoms with Crippen LogP contribution >= 0.6 is 12.2 Å². The third-order valence-corrected chi connectivity index (χ3v) is 6.61. The largest absolute Gasteiger partial charge is 0.378 e. The van der Waals surface area contributed by atoms with E-state index >= 15 is 0 Å². The van der Waals surface area contributed by atoms with Crippen LogP contribution in [0.2, 0.25) is 0 Å². The van der Waals surface area contributed by atoms with Crippen molar-refractivity contribution in [3.63, 3.8) is 0 Å². The Bertz CT molecular complexity index is 929. The molecule has 182 valence electrons. The number of hydrogen-bond donors (Lipinski definition) is 4. The van der Waals surface area contributed by atoms with E-state index in [1.807, 2.05) is 12.1 Å². The lowest BCUT2D eigenvalue weighted by Crippen LogP contribution is -2.58. The summed E-state index contributed by atoms with van der Waals surface area (Å²) in [6, 6.07) is 3.85. The number of carbonyl (C=O) groups excluding carboxylic acids is 2. The van der Waals surface area contributed by atoms with Crippen LogP contribution in [0.3, 0.4) is 0 Å². The molecule has 3 aliphatic heterocycles. The van der Waals surface area contributed by atoms with Crippen LogP contribution in [0.5, 0.6) is 0 Å². The number of terminal acetylenes is 1. The summed E-state index contributed by atoms with van der Waals surface area (Å²) in [5, 5.41) is 12.7. The number of amides is 2. The van der Waals surface area contributed by atoms with Crippen molar-refractivity contribution in [2.45, 2.75) is 37.4 Å². The van der Waals surface area contributed by atoms with Crippen molar-refractivity contribution in [1.82, 2.24) is 25.8 Å². The molecule has 0 bridgehead atoms. The van der Waals surface area contributed by atoms with E-state index in [2.05, 4.69) is 42.0 Å². The molecule has 4 rings (SSSR count). The number of fused-ring (bicyclic) bond motifs is 1. The number of hydrogen-bond acceptors (Lipinski definition) is 7. The lowest BCUT2D eigenvalue weighted by molar-refractivity contribution is -0.129. The van der Waals surface area contributed by atoms with E-state index in [0.29, 0.717) is 50.7 Å². The normalized spacial score (nSPS) is 24.5. The standard InChI is InChI=1S/C23H31N7O3S/c1-2-7-24-21(31)6-4-18-14-26-22(32)19-12-17(15-30(18)19)28-23(34)27-16-3-5-20(25-13-16)29-8-10-33-11-9-29/h1,3,5,13,17-19H,4,6-12,14-15H2,(H,24,31)(H,26,32)(H2,27,28,34)/t17-,18+,19-/m0/s1. The van der Waals surface area contributed by atoms with Crippen LogP contribution in [0.4, 0.5) is 11.5 Å². The van der Waals surface area contributed by atoms with Gasteiger partial charge in [-0.3, -0.25) is 14.5 Å². The van der Waals surface area contributed by atoms with Gasteiger partial charge in [0.2, 0.25) is 11.8 Å². The van der Waals surface area contributed by atoms with Gasteiger partial charge in [-0.2, -0.15) is 0 Å². The second kappa shape index (κ2) is 11.5. The van der Waals surface area contributed by atoms with Gasteiger partial charge in [-0.25, -0.2) is 4.98 Å². The zero-order valence-electron chi connectivity index (χ0n) is 19.1. The minimum absolute atomic E-state index is 0.0270. The van der Waals surface area contributed by atoms with Gasteiger partial charge >= 0.3 is 0 Å². The van der Waals surface area contributed by atoms with Crippen LogP contribution < -0.4 is 26.2 Å². The summed E-state index contributed by atoms with van der Waals surface area (Å²) in [5.41, 5.74) is 0.804. The van der Waals surface area contributed by atoms with Gasteiger partial charge in [0.05, 0.1) is 37.7 Å². The molecule has 3 fully saturated rings. The fourth-order valence-electron chi connectivity index (χ4n) is 4.68. The molecule has 0 radical (unpaired) electrons. The van der Waals surface area contributed by atoms with Crippen molar-refractivity contribution in [2.24, 2.45) is 0 Å². The Hall–Kier alpha value is -2.94. The maximum Gasteiger partial charge on any atom is 0.237 e. The third-order valence-electron chi connectivity index (χ3n) is 6.39. The molecule has 0 saturated carbocycles. The molecular formula is C23H31N7O3S. The van der Waals surface area contributed by atoms with Crippen LogP contribution in [-0.4, -0.2) is 90.9 Å². The number of ether oxygens (including phenoxy) is 1. The summed E-state index contributed by atoms with van der Waals surface area (Å²) in [4.78, 5) is 33.3. The number of piperazine rings is 1. The second-order valence-electron chi connectivity index (χ2n) is 8.67. The monoisotopic (exact) mass is 485 g/mol. The van der Waals surface area contributed by atoms with E-state index in [4.69, 9.17) is 23.4 Å². The summed E-state index contributed by atoms with van der Waals surface area (Å²) in [6.07, 6.45) is 8.64. The Labute approximate surface area is 205 Å². The van der Waals surface area contributed by atoms with Gasteiger partial charge in [0, 0.05) is 44.7 Å². The molecule has 1 aromatic heterocycles. The Kier molecular flexibility index (Phi) is 8.16. The molecule has 3 aliphatic rings. The first kappa shape index (κ1) is 24.2. The van der Waals surface area contributed by atoms with Gasteiger partial charge in [0.25, 0.3) is 0 Å². The van der Waals surface area contributed by atoms with E-state index in [0.717, 1.165) is 24.6 Å². The topological polar surface area (TPSA) is 111 Å². The Morgan fingerprint density at radius 3 is 2.91 bits per heavy atom. The summed E-state index contributed by atoms with van der Waals surface area (Å²) >= 11 is 5.52. The van der Waals surface area contributed by atoms with Gasteiger partial charge in [-0.1, -0.05) is 5.92 Å². The molecule has 10 nitrogen and oxygen atoms in total. The number of anilines is 2. The van der Waals surface area contributed by atoms with E-state index < -0.39 is 0 Å². The predicted molar refractivity (Wildman–Crippen MR) is 133 cm³/mol. The summed E-state index contributed by atoms with van der Waals surface area (Å²) in [5.74, 6) is 3.28. The number of pyridine rings is 1. The van der Waals surface area contributed by atoms with Crippen molar-refractivity contribution in [2.75, 3.05) is 56.2 Å². The van der Waals surface area contributed by atoms with E-state index in [-0.39, 0.29) is 36.5 Å². The average molecular weight is 486 g/mol. The van der Waals surface area contributed by atoms with Crippen LogP contribution in [0.15, 0.2) is 18.3 Å². The van der Waals surface area contributed by atoms with Crippen molar-refractivity contribution >= 4 is 40.6 Å². The highest BCUT2D eigenvalue weighted by Gasteiger charge is 2.43. The molecule has 3 atom stereocenters. The van der Waals surface area contributed by atoms with E-state index in [9.17, 15) is 9.59 Å². The molecular weight excluding hydrogens is 454 g/mol. The third kappa shape index (κ3) is 6.14. The predicted octanol–water partition coefficient (Wildman–Crippen LogP) is -0.324. The SMILES string of the molecule is C#CCNC(=O)CC[C@@H]1CNC(=O)[C@@H]2C[C@H](NC(=S)Nc3ccc(N4CCOCC4)nc3)CN12. The lowest BCUT2D eigenvalue weighted by atomic mass is 10.0. The van der Waals surface area contributed by atoms with Crippen LogP contribution in [0.25, 0.3) is 0 Å². The molecule has 0 aliphatic carbocycles. The smallest absolute Gasteiger partial charge is 0.237 e. The van der Waals surface area contributed by atoms with Crippen molar-refractivity contribution in [1.29, 1.82) is 0 Å². The first-order valence-corrected chi connectivity index (χ1v) is 12.0. The Morgan fingerprint density at radius 2 is 2.18 bits per heavy atom. The maximum absolute atomic E-state index is 12.4. The van der Waals surface area contributed by atoms with Gasteiger partial charge in [-0.15, -0.1) is 6.42 Å². The average Bonchev–Trinajstić information content (AvgIpc) is 3.28. The number of aromatic nitrogens is 1. The van der Waals surface area contributed by atoms with Gasteiger partial charge in [0.15, 0.2) is 5.11 Å². The van der Waals surface area contributed by atoms with E-state index in [1.165, 1.54) is 0 Å². The van der Waals surface area contributed by atoms with Crippen LogP contribution in [0, 0.1) is 12.3 Å². The highest BCUT2D eigenvalue weighted by molar-refractivity contribution is 7.80. The molecule has 0 unspecified atom stereocenters. The number of thiocarbonyl (C=S) groups is 1. The van der Waals surface area contributed by atoms with Gasteiger partial charge in [-0.05, 0) is 37.2 Å². The maximum atomic E-state index is 12.4. The molecule has 0 spiro atoms. The number of nitrogens with zero attached hydrogens (tertiary/aromatic N) is 3. The fourth-order valence-corrected chi connectivity index (χ4v) is 4.96. The van der Waals surface area contributed by atoms with E-state index in [1.54, 1.807) is 6.20 Å². The van der Waals surface area contributed by atoms with Gasteiger partial charge < -0.3 is 30.9 Å². The molecule has 2 amide bonds. The van der Waals surface area contributed by atoms with Crippen molar-refractivity contribution in [3.05, 3.63) is 18.3 Å². The number of rotatable bonds is 7. The Morgan fingerprint density at radius 1 is 1.35 bits per heavy atom. The molecule has 4 heterocycles. The molecule has 11 heteroatoms. The summed E-state index contributed by atoms with van der Waals surface area (Å²) < 4.78 is 5.39. The quantitative estimate of drug-likeness (QED) is 0.305. The molecule has 0 aromatic carbocycles. The molecule has 4 N–H and O–H groups in total.